The standard InChI is InChI=1S/C9H8ClN3S/c10-8-9(12-3-2-11-8)13-5-7-1-4-14-6-7/h1-4,6H,5H2,(H,12,13). The average molecular weight is 226 g/mol. The molecule has 0 atom stereocenters. The van der Waals surface area contributed by atoms with Crippen LogP contribution in [0.25, 0.3) is 0 Å². The normalized spacial score (nSPS) is 10.1. The van der Waals surface area contributed by atoms with Gasteiger partial charge in [0.25, 0.3) is 0 Å². The average Bonchev–Trinajstić information content (AvgIpc) is 2.69. The Kier molecular flexibility index (Phi) is 2.96. The molecule has 0 amide bonds. The Labute approximate surface area is 90.8 Å². The van der Waals surface area contributed by atoms with Crippen molar-refractivity contribution in [2.45, 2.75) is 6.54 Å². The van der Waals surface area contributed by atoms with E-state index >= 15 is 0 Å². The third-order valence-corrected chi connectivity index (χ3v) is 2.70. The van der Waals surface area contributed by atoms with Crippen molar-refractivity contribution >= 4 is 28.8 Å². The molecule has 0 aliphatic heterocycles. The smallest absolute Gasteiger partial charge is 0.171 e. The van der Waals surface area contributed by atoms with Gasteiger partial charge in [-0.2, -0.15) is 11.3 Å². The van der Waals surface area contributed by atoms with Crippen LogP contribution in [0.1, 0.15) is 5.56 Å². The lowest BCUT2D eigenvalue weighted by Crippen LogP contribution is -2.01. The Balaban J connectivity index is 2.02. The topological polar surface area (TPSA) is 37.8 Å². The maximum absolute atomic E-state index is 5.83. The molecule has 0 fully saturated rings. The molecule has 2 aromatic heterocycles. The molecule has 0 aliphatic rings. The van der Waals surface area contributed by atoms with Crippen LogP contribution in [0.5, 0.6) is 0 Å². The Morgan fingerprint density at radius 2 is 2.21 bits per heavy atom. The van der Waals surface area contributed by atoms with E-state index in [0.29, 0.717) is 11.0 Å². The summed E-state index contributed by atoms with van der Waals surface area (Å²) in [4.78, 5) is 8.00. The first-order chi connectivity index (χ1) is 6.86. The summed E-state index contributed by atoms with van der Waals surface area (Å²) < 4.78 is 0. The number of nitrogens with zero attached hydrogens (tertiary/aromatic N) is 2. The molecule has 0 saturated carbocycles. The fourth-order valence-corrected chi connectivity index (χ4v) is 1.86. The SMILES string of the molecule is Clc1nccnc1NCc1ccsc1. The van der Waals surface area contributed by atoms with Crippen molar-refractivity contribution < 1.29 is 0 Å². The highest BCUT2D eigenvalue weighted by atomic mass is 35.5. The van der Waals surface area contributed by atoms with Gasteiger partial charge in [0.2, 0.25) is 0 Å². The zero-order chi connectivity index (χ0) is 9.80. The third kappa shape index (κ3) is 2.21. The molecule has 0 aliphatic carbocycles. The summed E-state index contributed by atoms with van der Waals surface area (Å²) in [6, 6.07) is 2.06. The van der Waals surface area contributed by atoms with Crippen molar-refractivity contribution in [1.29, 1.82) is 0 Å². The highest BCUT2D eigenvalue weighted by Crippen LogP contribution is 2.15. The van der Waals surface area contributed by atoms with E-state index in [-0.39, 0.29) is 0 Å². The number of anilines is 1. The minimum Gasteiger partial charge on any atom is -0.363 e. The van der Waals surface area contributed by atoms with Crippen molar-refractivity contribution in [3.63, 3.8) is 0 Å². The fraction of sp³-hybridized carbons (Fsp3) is 0.111. The molecule has 0 spiro atoms. The monoisotopic (exact) mass is 225 g/mol. The molecule has 2 aromatic rings. The van der Waals surface area contributed by atoms with Crippen molar-refractivity contribution in [3.05, 3.63) is 39.9 Å². The molecule has 0 saturated heterocycles. The summed E-state index contributed by atoms with van der Waals surface area (Å²) in [5.41, 5.74) is 1.22. The van der Waals surface area contributed by atoms with Crippen molar-refractivity contribution in [2.75, 3.05) is 5.32 Å². The lowest BCUT2D eigenvalue weighted by Gasteiger charge is -2.04. The molecule has 2 heterocycles. The van der Waals surface area contributed by atoms with E-state index in [9.17, 15) is 0 Å². The predicted octanol–water partition coefficient (Wildman–Crippen LogP) is 2.80. The van der Waals surface area contributed by atoms with Crippen LogP contribution in [0.3, 0.4) is 0 Å². The van der Waals surface area contributed by atoms with Crippen LogP contribution in [-0.4, -0.2) is 9.97 Å². The van der Waals surface area contributed by atoms with Gasteiger partial charge in [-0.05, 0) is 22.4 Å². The van der Waals surface area contributed by atoms with Gasteiger partial charge in [-0.15, -0.1) is 0 Å². The van der Waals surface area contributed by atoms with Crippen LogP contribution >= 0.6 is 22.9 Å². The highest BCUT2D eigenvalue weighted by molar-refractivity contribution is 7.07. The number of hydrogen-bond donors (Lipinski definition) is 1. The van der Waals surface area contributed by atoms with Crippen molar-refractivity contribution in [2.24, 2.45) is 0 Å². The number of rotatable bonds is 3. The van der Waals surface area contributed by atoms with Gasteiger partial charge in [0.1, 0.15) is 0 Å². The van der Waals surface area contributed by atoms with Gasteiger partial charge < -0.3 is 5.32 Å². The Hall–Kier alpha value is -1.13. The molecule has 14 heavy (non-hydrogen) atoms. The maximum Gasteiger partial charge on any atom is 0.171 e. The van der Waals surface area contributed by atoms with E-state index < -0.39 is 0 Å². The molecule has 0 radical (unpaired) electrons. The number of hydrogen-bond acceptors (Lipinski definition) is 4. The van der Waals surface area contributed by atoms with E-state index in [1.54, 1.807) is 23.7 Å². The lowest BCUT2D eigenvalue weighted by molar-refractivity contribution is 1.09. The minimum absolute atomic E-state index is 0.405. The first-order valence-corrected chi connectivity index (χ1v) is 5.40. The predicted molar refractivity (Wildman–Crippen MR) is 58.7 cm³/mol. The van der Waals surface area contributed by atoms with Crippen molar-refractivity contribution in [3.8, 4) is 0 Å². The third-order valence-electron chi connectivity index (χ3n) is 1.69. The second kappa shape index (κ2) is 4.39. The molecule has 0 bridgehead atoms. The Bertz CT molecular complexity index is 402. The first kappa shape index (κ1) is 9.43. The molecule has 3 nitrogen and oxygen atoms in total. The minimum atomic E-state index is 0.405. The van der Waals surface area contributed by atoms with Gasteiger partial charge in [-0.25, -0.2) is 9.97 Å². The van der Waals surface area contributed by atoms with Crippen molar-refractivity contribution in [1.82, 2.24) is 9.97 Å². The van der Waals surface area contributed by atoms with E-state index in [1.807, 2.05) is 5.38 Å². The van der Waals surface area contributed by atoms with Gasteiger partial charge in [0.15, 0.2) is 11.0 Å². The lowest BCUT2D eigenvalue weighted by atomic mass is 10.3. The van der Waals surface area contributed by atoms with E-state index in [0.717, 1.165) is 6.54 Å². The zero-order valence-electron chi connectivity index (χ0n) is 7.27. The maximum atomic E-state index is 5.83. The summed E-state index contributed by atoms with van der Waals surface area (Å²) >= 11 is 7.50. The summed E-state index contributed by atoms with van der Waals surface area (Å²) in [5, 5.41) is 7.64. The first-order valence-electron chi connectivity index (χ1n) is 4.08. The van der Waals surface area contributed by atoms with Gasteiger partial charge in [-0.3, -0.25) is 0 Å². The van der Waals surface area contributed by atoms with Crippen LogP contribution in [0.2, 0.25) is 5.15 Å². The Morgan fingerprint density at radius 3 is 2.93 bits per heavy atom. The molecule has 1 N–H and O–H groups in total. The molecular weight excluding hydrogens is 218 g/mol. The fourth-order valence-electron chi connectivity index (χ4n) is 1.02. The number of nitrogens with one attached hydrogen (secondary N) is 1. The van der Waals surface area contributed by atoms with Crippen LogP contribution in [0, 0.1) is 0 Å². The quantitative estimate of drug-likeness (QED) is 0.873. The van der Waals surface area contributed by atoms with E-state index in [2.05, 4.69) is 26.7 Å². The van der Waals surface area contributed by atoms with Gasteiger partial charge >= 0.3 is 0 Å². The molecule has 72 valence electrons. The van der Waals surface area contributed by atoms with E-state index in [1.165, 1.54) is 5.56 Å². The number of aromatic nitrogens is 2. The van der Waals surface area contributed by atoms with Crippen LogP contribution in [0.4, 0.5) is 5.82 Å². The second-order valence-corrected chi connectivity index (χ2v) is 3.82. The summed E-state index contributed by atoms with van der Waals surface area (Å²) in [6.45, 7) is 0.724. The number of halogens is 1. The van der Waals surface area contributed by atoms with Crippen LogP contribution < -0.4 is 5.32 Å². The summed E-state index contributed by atoms with van der Waals surface area (Å²) in [6.07, 6.45) is 3.18. The molecule has 0 aromatic carbocycles. The molecule has 5 heteroatoms. The molecule has 0 unspecified atom stereocenters. The molecular formula is C9H8ClN3S. The van der Waals surface area contributed by atoms with Gasteiger partial charge in [0.05, 0.1) is 0 Å². The summed E-state index contributed by atoms with van der Waals surface area (Å²) in [5.74, 6) is 0.625. The van der Waals surface area contributed by atoms with Crippen LogP contribution in [-0.2, 0) is 6.54 Å². The Morgan fingerprint density at radius 1 is 1.36 bits per heavy atom. The molecule has 2 rings (SSSR count). The number of thiophene rings is 1. The zero-order valence-corrected chi connectivity index (χ0v) is 8.85. The van der Waals surface area contributed by atoms with Crippen LogP contribution in [0.15, 0.2) is 29.2 Å². The van der Waals surface area contributed by atoms with Gasteiger partial charge in [0, 0.05) is 18.9 Å². The highest BCUT2D eigenvalue weighted by Gasteiger charge is 2.00. The second-order valence-electron chi connectivity index (χ2n) is 2.68. The largest absolute Gasteiger partial charge is 0.363 e. The van der Waals surface area contributed by atoms with E-state index in [4.69, 9.17) is 11.6 Å². The van der Waals surface area contributed by atoms with Gasteiger partial charge in [-0.1, -0.05) is 11.6 Å². The summed E-state index contributed by atoms with van der Waals surface area (Å²) in [7, 11) is 0.